The monoisotopic (exact) mass is 823 g/mol. The Balaban J connectivity index is 0.000000269. The molecule has 0 spiro atoms. The van der Waals surface area contributed by atoms with Crippen molar-refractivity contribution in [2.45, 2.75) is 92.4 Å². The van der Waals surface area contributed by atoms with E-state index in [0.29, 0.717) is 0 Å². The van der Waals surface area contributed by atoms with Crippen LogP contribution >= 0.6 is 11.3 Å². The first kappa shape index (κ1) is 36.7. The Morgan fingerprint density at radius 2 is 1.60 bits per heavy atom. The standard InChI is InChI=1S/C29H24NS.C13H24O2.Ir/c1-29(2,3)24-17-20(16-19-9-5-6-10-21(19)24)27-26-23-13-12-18-8-4-7-11-22(18)28(23)31-25(26)14-15-30-27;1-5-10(6-2)12(14)9-13(15)11(7-3)8-4;/h4-11,14-15,17H,12-13H2,1-3H3;9-11,14H,5-8H2,1-4H3;/q-1;;/b;12-9-;. The summed E-state index contributed by atoms with van der Waals surface area (Å²) in [6.45, 7) is 14.9. The molecule has 0 saturated heterocycles. The van der Waals surface area contributed by atoms with Crippen molar-refractivity contribution in [3.63, 3.8) is 0 Å². The molecule has 0 atom stereocenters. The number of hydrogen-bond donors (Lipinski definition) is 1. The Hall–Kier alpha value is -3.11. The molecule has 3 aromatic carbocycles. The average Bonchev–Trinajstić information content (AvgIpc) is 3.45. The molecular weight excluding hydrogens is 775 g/mol. The smallest absolute Gasteiger partial charge is 0.162 e. The summed E-state index contributed by atoms with van der Waals surface area (Å²) in [7, 11) is 0. The van der Waals surface area contributed by atoms with Crippen molar-refractivity contribution >= 4 is 38.0 Å². The molecule has 47 heavy (non-hydrogen) atoms. The quantitative estimate of drug-likeness (QED) is 0.0963. The van der Waals surface area contributed by atoms with Gasteiger partial charge in [-0.1, -0.05) is 102 Å². The molecule has 0 amide bonds. The molecule has 0 fully saturated rings. The molecule has 249 valence electrons. The third-order valence-electron chi connectivity index (χ3n) is 9.53. The van der Waals surface area contributed by atoms with E-state index in [4.69, 9.17) is 4.98 Å². The van der Waals surface area contributed by atoms with E-state index in [9.17, 15) is 9.90 Å². The van der Waals surface area contributed by atoms with E-state index in [1.54, 1.807) is 0 Å². The molecule has 0 saturated carbocycles. The van der Waals surface area contributed by atoms with Crippen LogP contribution in [0.4, 0.5) is 0 Å². The molecule has 2 heterocycles. The first-order valence-electron chi connectivity index (χ1n) is 17.0. The van der Waals surface area contributed by atoms with Crippen LogP contribution < -0.4 is 0 Å². The van der Waals surface area contributed by atoms with Crippen molar-refractivity contribution in [2.24, 2.45) is 11.8 Å². The predicted molar refractivity (Wildman–Crippen MR) is 197 cm³/mol. The third kappa shape index (κ3) is 7.80. The van der Waals surface area contributed by atoms with E-state index in [0.717, 1.165) is 55.2 Å². The molecule has 0 bridgehead atoms. The number of rotatable bonds is 8. The fraction of sp³-hybridized carbons (Fsp3) is 0.381. The molecule has 1 radical (unpaired) electrons. The van der Waals surface area contributed by atoms with E-state index in [2.05, 4.69) is 87.5 Å². The Bertz CT molecular complexity index is 1870. The molecule has 2 aromatic heterocycles. The Kier molecular flexibility index (Phi) is 12.4. The summed E-state index contributed by atoms with van der Waals surface area (Å²) in [6.07, 6.45) is 9.04. The second-order valence-electron chi connectivity index (χ2n) is 13.5. The Morgan fingerprint density at radius 3 is 2.28 bits per heavy atom. The van der Waals surface area contributed by atoms with Crippen LogP contribution in [0.5, 0.6) is 0 Å². The van der Waals surface area contributed by atoms with Crippen molar-refractivity contribution < 1.29 is 30.0 Å². The number of aromatic nitrogens is 1. The topological polar surface area (TPSA) is 50.2 Å². The average molecular weight is 823 g/mol. The van der Waals surface area contributed by atoms with Gasteiger partial charge in [0.25, 0.3) is 0 Å². The van der Waals surface area contributed by atoms with Gasteiger partial charge in [0.05, 0.1) is 5.76 Å². The molecular formula is C42H48IrNO2S-. The van der Waals surface area contributed by atoms with Gasteiger partial charge < -0.3 is 5.11 Å². The summed E-state index contributed by atoms with van der Waals surface area (Å²) < 4.78 is 1.32. The molecule has 1 N–H and O–H groups in total. The summed E-state index contributed by atoms with van der Waals surface area (Å²) in [5, 5.41) is 13.5. The maximum Gasteiger partial charge on any atom is 0.162 e. The number of allylic oxidation sites excluding steroid dienone is 2. The van der Waals surface area contributed by atoms with Gasteiger partial charge in [-0.05, 0) is 72.1 Å². The van der Waals surface area contributed by atoms with Crippen LogP contribution in [0.15, 0.2) is 78.7 Å². The number of carbonyl (C=O) groups is 1. The van der Waals surface area contributed by atoms with Crippen LogP contribution in [0.25, 0.3) is 42.6 Å². The van der Waals surface area contributed by atoms with Gasteiger partial charge in [-0.2, -0.15) is 0 Å². The van der Waals surface area contributed by atoms with Crippen molar-refractivity contribution in [3.8, 4) is 21.7 Å². The predicted octanol–water partition coefficient (Wildman–Crippen LogP) is 11.8. The summed E-state index contributed by atoms with van der Waals surface area (Å²) >= 11 is 1.91. The van der Waals surface area contributed by atoms with Crippen LogP contribution in [0.2, 0.25) is 0 Å². The van der Waals surface area contributed by atoms with Gasteiger partial charge >= 0.3 is 0 Å². The summed E-state index contributed by atoms with van der Waals surface area (Å²) in [6, 6.07) is 25.7. The van der Waals surface area contributed by atoms with E-state index in [1.807, 2.05) is 45.2 Å². The fourth-order valence-corrected chi connectivity index (χ4v) is 8.05. The Morgan fingerprint density at radius 1 is 0.936 bits per heavy atom. The van der Waals surface area contributed by atoms with E-state index < -0.39 is 0 Å². The summed E-state index contributed by atoms with van der Waals surface area (Å²) in [5.41, 5.74) is 7.90. The third-order valence-corrected chi connectivity index (χ3v) is 10.8. The van der Waals surface area contributed by atoms with Crippen LogP contribution in [-0.2, 0) is 43.2 Å². The second-order valence-corrected chi connectivity index (χ2v) is 14.5. The van der Waals surface area contributed by atoms with Gasteiger partial charge in [-0.15, -0.1) is 40.5 Å². The van der Waals surface area contributed by atoms with Crippen LogP contribution in [-0.4, -0.2) is 15.9 Å². The molecule has 1 aliphatic rings. The summed E-state index contributed by atoms with van der Waals surface area (Å²) in [5.74, 6) is 0.547. The minimum Gasteiger partial charge on any atom is -0.512 e. The maximum absolute atomic E-state index is 11.7. The number of carbonyl (C=O) groups excluding carboxylic acids is 1. The van der Waals surface area contributed by atoms with Gasteiger partial charge in [0.2, 0.25) is 0 Å². The number of ketones is 1. The van der Waals surface area contributed by atoms with Crippen molar-refractivity contribution in [3.05, 3.63) is 101 Å². The SMILES string of the molecule is CC(C)(C)c1cc(-c2nccc3sc4c(c23)CCc2ccccc2-4)[c-]c2ccccc12.CCC(CC)C(=O)/C=C(\O)C(CC)CC.[Ir]. The molecule has 5 heteroatoms. The van der Waals surface area contributed by atoms with Crippen LogP contribution in [0.3, 0.4) is 0 Å². The van der Waals surface area contributed by atoms with Gasteiger partial charge in [0.1, 0.15) is 0 Å². The zero-order valence-electron chi connectivity index (χ0n) is 28.9. The fourth-order valence-electron chi connectivity index (χ4n) is 6.74. The zero-order chi connectivity index (χ0) is 33.0. The first-order chi connectivity index (χ1) is 22.1. The van der Waals surface area contributed by atoms with E-state index in [-0.39, 0.29) is 48.9 Å². The Labute approximate surface area is 298 Å². The van der Waals surface area contributed by atoms with Gasteiger partial charge in [0, 0.05) is 59.5 Å². The largest absolute Gasteiger partial charge is 0.512 e. The number of fused-ring (bicyclic) bond motifs is 6. The van der Waals surface area contributed by atoms with Gasteiger partial charge in [-0.25, -0.2) is 0 Å². The molecule has 6 rings (SSSR count). The number of thiophene rings is 1. The van der Waals surface area contributed by atoms with E-state index >= 15 is 0 Å². The second kappa shape index (κ2) is 15.9. The number of pyridine rings is 1. The number of aliphatic hydroxyl groups is 1. The number of benzene rings is 3. The molecule has 0 unspecified atom stereocenters. The van der Waals surface area contributed by atoms with Crippen molar-refractivity contribution in [2.75, 3.05) is 0 Å². The molecule has 5 aromatic rings. The zero-order valence-corrected chi connectivity index (χ0v) is 32.1. The van der Waals surface area contributed by atoms with Crippen molar-refractivity contribution in [1.29, 1.82) is 0 Å². The number of aliphatic hydroxyl groups excluding tert-OH is 1. The minimum atomic E-state index is 0. The van der Waals surface area contributed by atoms with E-state index in [1.165, 1.54) is 48.7 Å². The number of hydrogen-bond acceptors (Lipinski definition) is 4. The first-order valence-corrected chi connectivity index (χ1v) is 17.8. The normalized spacial score (nSPS) is 12.8. The van der Waals surface area contributed by atoms with Gasteiger partial charge in [-0.3, -0.25) is 9.78 Å². The molecule has 1 aliphatic carbocycles. The molecule has 3 nitrogen and oxygen atoms in total. The van der Waals surface area contributed by atoms with Crippen molar-refractivity contribution in [1.82, 2.24) is 4.98 Å². The minimum absolute atomic E-state index is 0. The number of nitrogens with zero attached hydrogens (tertiary/aromatic N) is 1. The van der Waals surface area contributed by atoms with Crippen LogP contribution in [0.1, 0.15) is 90.8 Å². The summed E-state index contributed by atoms with van der Waals surface area (Å²) in [4.78, 5) is 18.1. The van der Waals surface area contributed by atoms with Crippen LogP contribution in [0, 0.1) is 17.9 Å². The maximum atomic E-state index is 11.7. The molecule has 0 aliphatic heterocycles. The van der Waals surface area contributed by atoms with Gasteiger partial charge in [0.15, 0.2) is 5.78 Å². The number of aryl methyl sites for hydroxylation is 2.